The lowest BCUT2D eigenvalue weighted by Crippen LogP contribution is -1.87. The average molecular weight is 1060 g/mol. The van der Waals surface area contributed by atoms with E-state index in [1.165, 1.54) is 130 Å². The van der Waals surface area contributed by atoms with E-state index < -0.39 is 0 Å². The zero-order valence-electron chi connectivity index (χ0n) is 52.8. The predicted molar refractivity (Wildman–Crippen MR) is 373 cm³/mol. The summed E-state index contributed by atoms with van der Waals surface area (Å²) >= 11 is 0. The van der Waals surface area contributed by atoms with Gasteiger partial charge in [0.2, 0.25) is 0 Å². The Hall–Kier alpha value is -7.80. The monoisotopic (exact) mass is 1060 g/mol. The maximum atomic E-state index is 2.28. The van der Waals surface area contributed by atoms with Crippen molar-refractivity contribution in [2.24, 2.45) is 0 Å². The van der Waals surface area contributed by atoms with Crippen LogP contribution in [-0.4, -0.2) is 0 Å². The van der Waals surface area contributed by atoms with E-state index in [9.17, 15) is 0 Å². The molecular weight excluding hydrogens is 961 g/mol. The quantitative estimate of drug-likeness (QED) is 0.105. The zero-order chi connectivity index (χ0) is 59.3. The van der Waals surface area contributed by atoms with Gasteiger partial charge in [0.25, 0.3) is 0 Å². The fourth-order valence-electron chi connectivity index (χ4n) is 10.3. The van der Waals surface area contributed by atoms with Crippen LogP contribution in [0.4, 0.5) is 0 Å². The molecule has 416 valence electrons. The van der Waals surface area contributed by atoms with E-state index in [1.54, 1.807) is 0 Å². The van der Waals surface area contributed by atoms with Crippen LogP contribution in [0.1, 0.15) is 133 Å². The van der Waals surface area contributed by atoms with Crippen LogP contribution in [0.2, 0.25) is 0 Å². The first kappa shape index (κ1) is 66.5. The van der Waals surface area contributed by atoms with Crippen molar-refractivity contribution >= 4 is 108 Å². The molecule has 14 rings (SSSR count). The van der Waals surface area contributed by atoms with Crippen LogP contribution in [0.25, 0.3) is 108 Å². The third-order valence-corrected chi connectivity index (χ3v) is 13.5. The van der Waals surface area contributed by atoms with E-state index in [1.807, 2.05) is 111 Å². The van der Waals surface area contributed by atoms with Crippen LogP contribution in [0.15, 0.2) is 218 Å². The van der Waals surface area contributed by atoms with Crippen LogP contribution >= 0.6 is 0 Å². The molecule has 0 radical (unpaired) electrons. The van der Waals surface area contributed by atoms with Crippen molar-refractivity contribution in [1.29, 1.82) is 0 Å². The van der Waals surface area contributed by atoms with Crippen LogP contribution < -0.4 is 0 Å². The molecule has 0 aliphatic heterocycles. The third-order valence-electron chi connectivity index (χ3n) is 13.5. The van der Waals surface area contributed by atoms with Gasteiger partial charge in [-0.25, -0.2) is 0 Å². The summed E-state index contributed by atoms with van der Waals surface area (Å²) in [6.07, 6.45) is 0. The average Bonchev–Trinajstić information content (AvgIpc) is 3.60. The summed E-state index contributed by atoms with van der Waals surface area (Å²) in [5, 5.41) is 27.3. The molecule has 0 unspecified atom stereocenters. The van der Waals surface area contributed by atoms with Crippen LogP contribution in [-0.2, 0) is 0 Å². The Bertz CT molecular complexity index is 3870. The van der Waals surface area contributed by atoms with Gasteiger partial charge in [0, 0.05) is 0 Å². The Morgan fingerprint density at radius 2 is 0.438 bits per heavy atom. The molecular formula is C80H96. The topological polar surface area (TPSA) is 0 Å². The second-order valence-electron chi connectivity index (χ2n) is 17.3. The van der Waals surface area contributed by atoms with Crippen molar-refractivity contribution in [3.05, 3.63) is 241 Å². The highest BCUT2D eigenvalue weighted by Gasteiger charge is 2.13. The molecule has 0 saturated heterocycles. The molecule has 0 N–H and O–H groups in total. The van der Waals surface area contributed by atoms with Crippen molar-refractivity contribution in [3.63, 3.8) is 0 Å². The van der Waals surface area contributed by atoms with Crippen molar-refractivity contribution in [2.45, 2.75) is 138 Å². The van der Waals surface area contributed by atoms with E-state index in [2.05, 4.69) is 246 Å². The Labute approximate surface area is 484 Å². The van der Waals surface area contributed by atoms with Crippen LogP contribution in [0.5, 0.6) is 0 Å². The lowest BCUT2D eigenvalue weighted by Gasteiger charge is -2.15. The van der Waals surface area contributed by atoms with Crippen molar-refractivity contribution in [1.82, 2.24) is 0 Å². The highest BCUT2D eigenvalue weighted by molar-refractivity contribution is 6.33. The number of benzene rings is 14. The molecule has 0 heterocycles. The van der Waals surface area contributed by atoms with Gasteiger partial charge >= 0.3 is 0 Å². The number of aryl methyl sites for hydroxylation is 4. The molecule has 0 aromatic heterocycles. The van der Waals surface area contributed by atoms with Gasteiger partial charge in [-0.05, 0) is 164 Å². The fourth-order valence-corrected chi connectivity index (χ4v) is 10.3. The molecule has 80 heavy (non-hydrogen) atoms. The SMILES string of the molecule is CC.CC.CC.CC.CC.CC.CC.CC.Cc1c2ccccc2cc2ccccc12.Cc1ccc2c3cccc4cccc(c5cccc1c52)c43.Cc1ccc2ccc3cccc4ccc1c2c34.Cc1cccc2ccccc12. The zero-order valence-corrected chi connectivity index (χ0v) is 52.8. The summed E-state index contributed by atoms with van der Waals surface area (Å²) in [5.41, 5.74) is 5.43. The Morgan fingerprint density at radius 1 is 0.163 bits per heavy atom. The van der Waals surface area contributed by atoms with E-state index in [-0.39, 0.29) is 0 Å². The summed E-state index contributed by atoms with van der Waals surface area (Å²) in [7, 11) is 0. The summed E-state index contributed by atoms with van der Waals surface area (Å²) in [6.45, 7) is 40.7. The van der Waals surface area contributed by atoms with Gasteiger partial charge in [0.1, 0.15) is 0 Å². The standard InChI is InChI=1S/C21H14.C17H12.C15H12.C11H10.8C2H6/c1-13-11-12-19-17-9-3-6-14-5-2-8-16(20(14)17)18-10-4-7-15(13)21(18)19;1-11-5-6-14-8-7-12-3-2-4-13-9-10-15(11)17(14)16(12)13;1-11-14-8-4-2-6-12(14)10-13-7-3-5-9-15(11)13;1-9-5-4-7-10-6-2-3-8-11(9)10;8*1-2/h2-12H,1H3;2-10H,1H3;2-10H,1H3;2-8H,1H3;8*1-2H3. The Morgan fingerprint density at radius 3 is 0.950 bits per heavy atom. The molecule has 14 aromatic rings. The van der Waals surface area contributed by atoms with Crippen molar-refractivity contribution in [3.8, 4) is 0 Å². The van der Waals surface area contributed by atoms with E-state index in [4.69, 9.17) is 0 Å². The van der Waals surface area contributed by atoms with Gasteiger partial charge in [-0.1, -0.05) is 323 Å². The maximum absolute atomic E-state index is 2.28. The number of rotatable bonds is 0. The highest BCUT2D eigenvalue weighted by atomic mass is 14.2. The first-order valence-electron chi connectivity index (χ1n) is 30.4. The summed E-state index contributed by atoms with van der Waals surface area (Å²) in [5.74, 6) is 0. The molecule has 0 fully saturated rings. The molecule has 0 nitrogen and oxygen atoms in total. The lowest BCUT2D eigenvalue weighted by molar-refractivity contribution is 1.50. The van der Waals surface area contributed by atoms with E-state index >= 15 is 0 Å². The van der Waals surface area contributed by atoms with Gasteiger partial charge in [-0.2, -0.15) is 0 Å². The molecule has 0 amide bonds. The number of hydrogen-bond donors (Lipinski definition) is 0. The minimum Gasteiger partial charge on any atom is -0.0683 e. The largest absolute Gasteiger partial charge is 0.0683 e. The normalized spacial score (nSPS) is 9.75. The van der Waals surface area contributed by atoms with Gasteiger partial charge < -0.3 is 0 Å². The Balaban J connectivity index is 0.000000262. The summed E-state index contributed by atoms with van der Waals surface area (Å²) < 4.78 is 0. The second kappa shape index (κ2) is 34.9. The number of hydrogen-bond acceptors (Lipinski definition) is 0. The molecule has 14 aromatic carbocycles. The minimum atomic E-state index is 1.33. The molecule has 0 heteroatoms. The molecule has 0 bridgehead atoms. The smallest absolute Gasteiger partial charge is 0.00237 e. The van der Waals surface area contributed by atoms with Crippen LogP contribution in [0.3, 0.4) is 0 Å². The molecule has 0 aliphatic rings. The minimum absolute atomic E-state index is 1.33. The number of fused-ring (bicyclic) bond motifs is 5. The highest BCUT2D eigenvalue weighted by Crippen LogP contribution is 2.41. The molecule has 0 atom stereocenters. The lowest BCUT2D eigenvalue weighted by atomic mass is 9.89. The predicted octanol–water partition coefficient (Wildman–Crippen LogP) is 26.6. The molecule has 0 saturated carbocycles. The van der Waals surface area contributed by atoms with Crippen molar-refractivity contribution in [2.75, 3.05) is 0 Å². The fraction of sp³-hybridized carbons (Fsp3) is 0.250. The first-order valence-corrected chi connectivity index (χ1v) is 30.4. The second-order valence-corrected chi connectivity index (χ2v) is 17.3. The van der Waals surface area contributed by atoms with Crippen molar-refractivity contribution < 1.29 is 0 Å². The van der Waals surface area contributed by atoms with E-state index in [0.29, 0.717) is 0 Å². The van der Waals surface area contributed by atoms with Gasteiger partial charge in [-0.15, -0.1) is 0 Å². The summed E-state index contributed by atoms with van der Waals surface area (Å²) in [4.78, 5) is 0. The van der Waals surface area contributed by atoms with Gasteiger partial charge in [0.15, 0.2) is 0 Å². The third kappa shape index (κ3) is 14.7. The maximum Gasteiger partial charge on any atom is -0.00237 e. The van der Waals surface area contributed by atoms with E-state index in [0.717, 1.165) is 0 Å². The summed E-state index contributed by atoms with van der Waals surface area (Å²) in [6, 6.07) is 78.6. The Kier molecular flexibility index (Phi) is 29.0. The first-order chi connectivity index (χ1) is 39.4. The van der Waals surface area contributed by atoms with Crippen LogP contribution in [0, 0.1) is 27.7 Å². The van der Waals surface area contributed by atoms with Gasteiger partial charge in [0.05, 0.1) is 0 Å². The van der Waals surface area contributed by atoms with Gasteiger partial charge in [-0.3, -0.25) is 0 Å². The molecule has 0 aliphatic carbocycles. The molecule has 0 spiro atoms.